The van der Waals surface area contributed by atoms with E-state index < -0.39 is 18.7 Å². The van der Waals surface area contributed by atoms with Gasteiger partial charge in [-0.25, -0.2) is 9.78 Å². The summed E-state index contributed by atoms with van der Waals surface area (Å²) < 4.78 is 35.4. The molecule has 0 unspecified atom stereocenters. The maximum absolute atomic E-state index is 11.8. The molecule has 0 radical (unpaired) electrons. The van der Waals surface area contributed by atoms with Crippen molar-refractivity contribution in [1.82, 2.24) is 4.98 Å². The lowest BCUT2D eigenvalue weighted by Gasteiger charge is -2.09. The van der Waals surface area contributed by atoms with Crippen molar-refractivity contribution in [2.75, 3.05) is 11.9 Å². The molecule has 0 saturated carbocycles. The van der Waals surface area contributed by atoms with Gasteiger partial charge in [-0.1, -0.05) is 0 Å². The van der Waals surface area contributed by atoms with Gasteiger partial charge in [0, 0.05) is 11.9 Å². The van der Waals surface area contributed by atoms with Crippen LogP contribution in [-0.2, 0) is 0 Å². The van der Waals surface area contributed by atoms with Crippen molar-refractivity contribution in [2.24, 2.45) is 0 Å². The zero-order chi connectivity index (χ0) is 11.5. The Morgan fingerprint density at radius 3 is 2.73 bits per heavy atom. The summed E-state index contributed by atoms with van der Waals surface area (Å²) in [5.74, 6) is -1.29. The van der Waals surface area contributed by atoms with E-state index in [-0.39, 0.29) is 11.4 Å². The number of rotatable bonds is 3. The minimum Gasteiger partial charge on any atom is -0.477 e. The Kier molecular flexibility index (Phi) is 3.13. The number of anilines is 1. The number of pyridine rings is 1. The van der Waals surface area contributed by atoms with E-state index in [0.29, 0.717) is 0 Å². The molecule has 0 aliphatic rings. The van der Waals surface area contributed by atoms with E-state index in [1.807, 2.05) is 0 Å². The zero-order valence-electron chi connectivity index (χ0n) is 7.38. The fraction of sp³-hybridized carbons (Fsp3) is 0.250. The van der Waals surface area contributed by atoms with E-state index >= 15 is 0 Å². The van der Waals surface area contributed by atoms with Crippen LogP contribution in [0.15, 0.2) is 18.3 Å². The van der Waals surface area contributed by atoms with Crippen LogP contribution in [-0.4, -0.2) is 28.8 Å². The largest absolute Gasteiger partial charge is 0.477 e. The van der Waals surface area contributed by atoms with Crippen molar-refractivity contribution in [3.63, 3.8) is 0 Å². The number of halogens is 3. The molecule has 2 N–H and O–H groups in total. The minimum atomic E-state index is -4.34. The first-order chi connectivity index (χ1) is 6.88. The fourth-order valence-electron chi connectivity index (χ4n) is 0.860. The van der Waals surface area contributed by atoms with E-state index in [2.05, 4.69) is 10.3 Å². The van der Waals surface area contributed by atoms with Gasteiger partial charge in [-0.15, -0.1) is 0 Å². The highest BCUT2D eigenvalue weighted by molar-refractivity contribution is 5.86. The van der Waals surface area contributed by atoms with Crippen molar-refractivity contribution < 1.29 is 23.1 Å². The number of aromatic nitrogens is 1. The molecule has 82 valence electrons. The van der Waals surface area contributed by atoms with Crippen LogP contribution >= 0.6 is 0 Å². The Bertz CT molecular complexity index is 365. The summed E-state index contributed by atoms with van der Waals surface area (Å²) in [4.78, 5) is 13.9. The Labute approximate surface area is 82.7 Å². The molecule has 7 heteroatoms. The molecular weight excluding hydrogens is 213 g/mol. The third-order valence-electron chi connectivity index (χ3n) is 1.47. The van der Waals surface area contributed by atoms with Crippen LogP contribution in [0, 0.1) is 0 Å². The number of nitrogens with zero attached hydrogens (tertiary/aromatic N) is 1. The average Bonchev–Trinajstić information content (AvgIpc) is 2.14. The second-order valence-electron chi connectivity index (χ2n) is 2.70. The topological polar surface area (TPSA) is 62.2 Å². The van der Waals surface area contributed by atoms with Gasteiger partial charge in [0.15, 0.2) is 0 Å². The van der Waals surface area contributed by atoms with Gasteiger partial charge in [-0.2, -0.15) is 13.2 Å². The van der Waals surface area contributed by atoms with Crippen molar-refractivity contribution in [3.05, 3.63) is 24.0 Å². The lowest BCUT2D eigenvalue weighted by atomic mass is 10.3. The maximum Gasteiger partial charge on any atom is 0.405 e. The molecule has 4 nitrogen and oxygen atoms in total. The van der Waals surface area contributed by atoms with E-state index in [1.165, 1.54) is 6.07 Å². The molecule has 1 aromatic heterocycles. The summed E-state index contributed by atoms with van der Waals surface area (Å²) in [5.41, 5.74) is -0.234. The number of aromatic carboxylic acids is 1. The number of carbonyl (C=O) groups is 1. The third kappa shape index (κ3) is 3.84. The highest BCUT2D eigenvalue weighted by Gasteiger charge is 2.26. The van der Waals surface area contributed by atoms with E-state index in [9.17, 15) is 18.0 Å². The summed E-state index contributed by atoms with van der Waals surface area (Å²) in [6.45, 7) is -1.21. The molecule has 15 heavy (non-hydrogen) atoms. The first-order valence-corrected chi connectivity index (χ1v) is 3.88. The predicted octanol–water partition coefficient (Wildman–Crippen LogP) is 1.75. The maximum atomic E-state index is 11.8. The number of carboxylic acid groups (broad SMARTS) is 1. The summed E-state index contributed by atoms with van der Waals surface area (Å²) >= 11 is 0. The van der Waals surface area contributed by atoms with Gasteiger partial charge in [-0.05, 0) is 12.1 Å². The van der Waals surface area contributed by atoms with Crippen LogP contribution in [0.4, 0.5) is 18.9 Å². The molecule has 1 rings (SSSR count). The highest BCUT2D eigenvalue weighted by Crippen LogP contribution is 2.16. The summed E-state index contributed by atoms with van der Waals surface area (Å²) in [6.07, 6.45) is -3.21. The molecule has 0 aliphatic heterocycles. The molecule has 1 heterocycles. The lowest BCUT2D eigenvalue weighted by Crippen LogP contribution is -2.21. The molecule has 0 aromatic carbocycles. The fourth-order valence-corrected chi connectivity index (χ4v) is 0.860. The van der Waals surface area contributed by atoms with Crippen LogP contribution in [0.5, 0.6) is 0 Å². The first-order valence-electron chi connectivity index (χ1n) is 3.88. The quantitative estimate of drug-likeness (QED) is 0.814. The molecule has 0 amide bonds. The molecule has 0 spiro atoms. The summed E-state index contributed by atoms with van der Waals surface area (Å²) in [5, 5.41) is 10.6. The average molecular weight is 220 g/mol. The Hall–Kier alpha value is -1.79. The van der Waals surface area contributed by atoms with E-state index in [1.54, 1.807) is 0 Å². The molecule has 0 bridgehead atoms. The highest BCUT2D eigenvalue weighted by atomic mass is 19.4. The smallest absolute Gasteiger partial charge is 0.405 e. The second-order valence-corrected chi connectivity index (χ2v) is 2.70. The third-order valence-corrected chi connectivity index (χ3v) is 1.47. The van der Waals surface area contributed by atoms with E-state index in [4.69, 9.17) is 5.11 Å². The molecule has 0 atom stereocenters. The SMILES string of the molecule is O=C(O)c1cc(NCC(F)(F)F)ccn1. The van der Waals surface area contributed by atoms with Crippen LogP contribution in [0.2, 0.25) is 0 Å². The van der Waals surface area contributed by atoms with Crippen LogP contribution < -0.4 is 5.32 Å². The van der Waals surface area contributed by atoms with Crippen molar-refractivity contribution >= 4 is 11.7 Å². The predicted molar refractivity (Wildman–Crippen MR) is 45.7 cm³/mol. The van der Waals surface area contributed by atoms with Crippen molar-refractivity contribution in [2.45, 2.75) is 6.18 Å². The summed E-state index contributed by atoms with van der Waals surface area (Å²) in [6, 6.07) is 2.30. The van der Waals surface area contributed by atoms with Gasteiger partial charge in [0.2, 0.25) is 0 Å². The number of nitrogens with one attached hydrogen (secondary N) is 1. The van der Waals surface area contributed by atoms with Gasteiger partial charge < -0.3 is 10.4 Å². The molecular formula is C8H7F3N2O2. The Balaban J connectivity index is 2.70. The molecule has 1 aromatic rings. The van der Waals surface area contributed by atoms with Gasteiger partial charge in [0.05, 0.1) is 0 Å². The van der Waals surface area contributed by atoms with Crippen molar-refractivity contribution in [1.29, 1.82) is 0 Å². The van der Waals surface area contributed by atoms with Gasteiger partial charge >= 0.3 is 12.1 Å². The van der Waals surface area contributed by atoms with Crippen LogP contribution in [0.1, 0.15) is 10.5 Å². The van der Waals surface area contributed by atoms with Crippen molar-refractivity contribution in [3.8, 4) is 0 Å². The van der Waals surface area contributed by atoms with E-state index in [0.717, 1.165) is 12.3 Å². The minimum absolute atomic E-state index is 0.0692. The molecule has 0 fully saturated rings. The molecule has 0 saturated heterocycles. The van der Waals surface area contributed by atoms with Gasteiger partial charge in [-0.3, -0.25) is 0 Å². The van der Waals surface area contributed by atoms with Crippen LogP contribution in [0.3, 0.4) is 0 Å². The van der Waals surface area contributed by atoms with Gasteiger partial charge in [0.1, 0.15) is 12.2 Å². The summed E-state index contributed by atoms with van der Waals surface area (Å²) in [7, 11) is 0. The zero-order valence-corrected chi connectivity index (χ0v) is 7.38. The monoisotopic (exact) mass is 220 g/mol. The normalized spacial score (nSPS) is 11.1. The number of carboxylic acids is 1. The van der Waals surface area contributed by atoms with Crippen LogP contribution in [0.25, 0.3) is 0 Å². The number of alkyl halides is 3. The number of hydrogen-bond donors (Lipinski definition) is 2. The standard InChI is InChI=1S/C8H7F3N2O2/c9-8(10,11)4-13-5-1-2-12-6(3-5)7(14)15/h1-3H,4H2,(H,12,13)(H,14,15). The lowest BCUT2D eigenvalue weighted by molar-refractivity contribution is -0.115. The first kappa shape index (κ1) is 11.3. The second kappa shape index (κ2) is 4.16. The van der Waals surface area contributed by atoms with Gasteiger partial charge in [0.25, 0.3) is 0 Å². The molecule has 0 aliphatic carbocycles. The Morgan fingerprint density at radius 1 is 1.53 bits per heavy atom. The number of hydrogen-bond acceptors (Lipinski definition) is 3. The Morgan fingerprint density at radius 2 is 2.20 bits per heavy atom.